The van der Waals surface area contributed by atoms with Crippen LogP contribution in [0.4, 0.5) is 0 Å². The van der Waals surface area contributed by atoms with Crippen LogP contribution in [0.3, 0.4) is 0 Å². The number of carbonyl (C=O) groups is 1. The second kappa shape index (κ2) is 4.63. The molecule has 15 heavy (non-hydrogen) atoms. The zero-order valence-electron chi connectivity index (χ0n) is 9.62. The van der Waals surface area contributed by atoms with Crippen molar-refractivity contribution < 1.29 is 9.53 Å². The van der Waals surface area contributed by atoms with Crippen LogP contribution in [0.15, 0.2) is 0 Å². The molecule has 0 aromatic rings. The zero-order valence-corrected chi connectivity index (χ0v) is 9.62. The molecule has 0 bridgehead atoms. The molecule has 1 fully saturated rings. The summed E-state index contributed by atoms with van der Waals surface area (Å²) in [6, 6.07) is 2.50. The third-order valence-corrected chi connectivity index (χ3v) is 2.91. The van der Waals surface area contributed by atoms with E-state index in [0.29, 0.717) is 25.6 Å². The van der Waals surface area contributed by atoms with Gasteiger partial charge in [0, 0.05) is 19.1 Å². The van der Waals surface area contributed by atoms with Gasteiger partial charge in [-0.3, -0.25) is 9.69 Å². The Morgan fingerprint density at radius 2 is 2.33 bits per heavy atom. The summed E-state index contributed by atoms with van der Waals surface area (Å²) in [5, 5.41) is 9.14. The summed E-state index contributed by atoms with van der Waals surface area (Å²) in [4.78, 5) is 13.8. The summed E-state index contributed by atoms with van der Waals surface area (Å²) in [6.07, 6.45) is 0.584. The summed E-state index contributed by atoms with van der Waals surface area (Å²) < 4.78 is 4.96. The quantitative estimate of drug-likeness (QED) is 0.656. The van der Waals surface area contributed by atoms with E-state index in [2.05, 4.69) is 24.8 Å². The maximum atomic E-state index is 11.7. The van der Waals surface area contributed by atoms with Gasteiger partial charge in [0.05, 0.1) is 12.7 Å². The largest absolute Gasteiger partial charge is 0.465 e. The highest BCUT2D eigenvalue weighted by molar-refractivity contribution is 5.80. The number of carbonyl (C=O) groups excluding carboxylic acids is 1. The van der Waals surface area contributed by atoms with Crippen LogP contribution in [0.1, 0.15) is 27.2 Å². The number of rotatable bonds is 3. The molecule has 4 nitrogen and oxygen atoms in total. The maximum Gasteiger partial charge on any atom is 0.327 e. The molecule has 0 aromatic carbocycles. The van der Waals surface area contributed by atoms with E-state index in [1.807, 2.05) is 0 Å². The fourth-order valence-electron chi connectivity index (χ4n) is 1.85. The molecule has 0 aliphatic carbocycles. The van der Waals surface area contributed by atoms with E-state index in [1.54, 1.807) is 6.92 Å². The second-order valence-corrected chi connectivity index (χ2v) is 4.23. The minimum atomic E-state index is -0.930. The van der Waals surface area contributed by atoms with E-state index < -0.39 is 5.41 Å². The summed E-state index contributed by atoms with van der Waals surface area (Å²) in [6.45, 7) is 7.53. The van der Waals surface area contributed by atoms with Crippen molar-refractivity contribution in [3.8, 4) is 6.07 Å². The maximum absolute atomic E-state index is 11.7. The van der Waals surface area contributed by atoms with Crippen LogP contribution in [0.5, 0.6) is 0 Å². The van der Waals surface area contributed by atoms with Gasteiger partial charge in [-0.05, 0) is 27.2 Å². The summed E-state index contributed by atoms with van der Waals surface area (Å²) in [5.74, 6) is -0.365. The SMILES string of the molecule is CCOC(=O)C1(C#N)CCN(C(C)C)C1. The lowest BCUT2D eigenvalue weighted by Gasteiger charge is -2.22. The minimum absolute atomic E-state index is 0.337. The molecule has 4 heteroatoms. The molecule has 0 spiro atoms. The molecule has 0 amide bonds. The molecule has 84 valence electrons. The third-order valence-electron chi connectivity index (χ3n) is 2.91. The lowest BCUT2D eigenvalue weighted by molar-refractivity contribution is -0.151. The van der Waals surface area contributed by atoms with Crippen LogP contribution in [-0.4, -0.2) is 36.6 Å². The molecule has 0 aromatic heterocycles. The number of likely N-dealkylation sites (tertiary alicyclic amines) is 1. The Hall–Kier alpha value is -1.08. The molecule has 1 aliphatic rings. The first kappa shape index (κ1) is 12.0. The topological polar surface area (TPSA) is 53.3 Å². The first-order chi connectivity index (χ1) is 7.05. The molecule has 0 N–H and O–H groups in total. The smallest absolute Gasteiger partial charge is 0.327 e. The van der Waals surface area contributed by atoms with Crippen molar-refractivity contribution in [1.82, 2.24) is 4.90 Å². The van der Waals surface area contributed by atoms with Crippen molar-refractivity contribution in [2.75, 3.05) is 19.7 Å². The Morgan fingerprint density at radius 3 is 2.73 bits per heavy atom. The van der Waals surface area contributed by atoms with Gasteiger partial charge in [-0.25, -0.2) is 0 Å². The zero-order chi connectivity index (χ0) is 11.5. The summed E-state index contributed by atoms with van der Waals surface area (Å²) in [7, 11) is 0. The molecule has 0 saturated carbocycles. The highest BCUT2D eigenvalue weighted by Gasteiger charge is 2.46. The molecular weight excluding hydrogens is 192 g/mol. The number of nitriles is 1. The van der Waals surface area contributed by atoms with Crippen molar-refractivity contribution in [3.05, 3.63) is 0 Å². The number of ether oxygens (including phenoxy) is 1. The van der Waals surface area contributed by atoms with Crippen LogP contribution >= 0.6 is 0 Å². The van der Waals surface area contributed by atoms with Crippen LogP contribution < -0.4 is 0 Å². The van der Waals surface area contributed by atoms with Gasteiger partial charge in [-0.1, -0.05) is 0 Å². The Labute approximate surface area is 90.8 Å². The van der Waals surface area contributed by atoms with Crippen molar-refractivity contribution in [1.29, 1.82) is 5.26 Å². The lowest BCUT2D eigenvalue weighted by Crippen LogP contribution is -2.37. The Kier molecular flexibility index (Phi) is 3.70. The highest BCUT2D eigenvalue weighted by atomic mass is 16.5. The molecular formula is C11H18N2O2. The fraction of sp³-hybridized carbons (Fsp3) is 0.818. The van der Waals surface area contributed by atoms with E-state index in [-0.39, 0.29) is 5.97 Å². The normalized spacial score (nSPS) is 26.6. The Bertz CT molecular complexity index is 283. The van der Waals surface area contributed by atoms with Crippen LogP contribution in [0.2, 0.25) is 0 Å². The van der Waals surface area contributed by atoms with Gasteiger partial charge in [-0.2, -0.15) is 5.26 Å². The van der Waals surface area contributed by atoms with Crippen LogP contribution in [0.25, 0.3) is 0 Å². The molecule has 1 aliphatic heterocycles. The van der Waals surface area contributed by atoms with E-state index >= 15 is 0 Å². The van der Waals surface area contributed by atoms with Crippen molar-refractivity contribution >= 4 is 5.97 Å². The molecule has 1 saturated heterocycles. The van der Waals surface area contributed by atoms with E-state index in [9.17, 15) is 4.79 Å². The number of hydrogen-bond donors (Lipinski definition) is 0. The van der Waals surface area contributed by atoms with Crippen molar-refractivity contribution in [3.63, 3.8) is 0 Å². The number of esters is 1. The monoisotopic (exact) mass is 210 g/mol. The fourth-order valence-corrected chi connectivity index (χ4v) is 1.85. The molecule has 0 radical (unpaired) electrons. The van der Waals surface area contributed by atoms with Gasteiger partial charge < -0.3 is 4.74 Å². The average molecular weight is 210 g/mol. The van der Waals surface area contributed by atoms with Crippen molar-refractivity contribution in [2.24, 2.45) is 5.41 Å². The average Bonchev–Trinajstić information content (AvgIpc) is 2.63. The van der Waals surface area contributed by atoms with Gasteiger partial charge in [0.1, 0.15) is 0 Å². The second-order valence-electron chi connectivity index (χ2n) is 4.23. The predicted octanol–water partition coefficient (Wildman–Crippen LogP) is 1.17. The molecule has 1 atom stereocenters. The predicted molar refractivity (Wildman–Crippen MR) is 56.0 cm³/mol. The van der Waals surface area contributed by atoms with Crippen molar-refractivity contribution in [2.45, 2.75) is 33.2 Å². The number of hydrogen-bond acceptors (Lipinski definition) is 4. The van der Waals surface area contributed by atoms with Gasteiger partial charge in [0.2, 0.25) is 0 Å². The van der Waals surface area contributed by atoms with Crippen LogP contribution in [0, 0.1) is 16.7 Å². The van der Waals surface area contributed by atoms with E-state index in [4.69, 9.17) is 10.00 Å². The highest BCUT2D eigenvalue weighted by Crippen LogP contribution is 2.32. The van der Waals surface area contributed by atoms with Gasteiger partial charge in [0.25, 0.3) is 0 Å². The Morgan fingerprint density at radius 1 is 1.67 bits per heavy atom. The summed E-state index contributed by atoms with van der Waals surface area (Å²) in [5.41, 5.74) is -0.930. The molecule has 1 unspecified atom stereocenters. The number of nitrogens with zero attached hydrogens (tertiary/aromatic N) is 2. The van der Waals surface area contributed by atoms with Gasteiger partial charge >= 0.3 is 5.97 Å². The third kappa shape index (κ3) is 2.29. The standard InChI is InChI=1S/C11H18N2O2/c1-4-15-10(14)11(7-12)5-6-13(8-11)9(2)3/h9H,4-6,8H2,1-3H3. The molecule has 1 rings (SSSR count). The molecule has 1 heterocycles. The minimum Gasteiger partial charge on any atom is -0.465 e. The van der Waals surface area contributed by atoms with Gasteiger partial charge in [0.15, 0.2) is 5.41 Å². The first-order valence-corrected chi connectivity index (χ1v) is 5.38. The van der Waals surface area contributed by atoms with Gasteiger partial charge in [-0.15, -0.1) is 0 Å². The van der Waals surface area contributed by atoms with E-state index in [0.717, 1.165) is 6.54 Å². The van der Waals surface area contributed by atoms with Crippen LogP contribution in [-0.2, 0) is 9.53 Å². The first-order valence-electron chi connectivity index (χ1n) is 5.38. The lowest BCUT2D eigenvalue weighted by atomic mass is 9.89. The Balaban J connectivity index is 2.73. The summed E-state index contributed by atoms with van der Waals surface area (Å²) >= 11 is 0. The van der Waals surface area contributed by atoms with E-state index in [1.165, 1.54) is 0 Å².